The first-order valence-electron chi connectivity index (χ1n) is 5.77. The van der Waals surface area contributed by atoms with Crippen molar-refractivity contribution in [2.45, 2.75) is 39.8 Å². The van der Waals surface area contributed by atoms with Gasteiger partial charge in [0.25, 0.3) is 0 Å². The highest BCUT2D eigenvalue weighted by molar-refractivity contribution is 7.10. The second-order valence-corrected chi connectivity index (χ2v) is 5.85. The van der Waals surface area contributed by atoms with Gasteiger partial charge in [0.15, 0.2) is 0 Å². The first-order valence-corrected chi connectivity index (χ1v) is 7.53. The van der Waals surface area contributed by atoms with E-state index in [4.69, 9.17) is 0 Å². The molecule has 0 amide bonds. The second kappa shape index (κ2) is 5.71. The molecule has 17 heavy (non-hydrogen) atoms. The largest absolute Gasteiger partial charge is 0.302 e. The van der Waals surface area contributed by atoms with E-state index in [-0.39, 0.29) is 0 Å². The minimum absolute atomic E-state index is 0.292. The van der Waals surface area contributed by atoms with Gasteiger partial charge in [-0.3, -0.25) is 0 Å². The van der Waals surface area contributed by atoms with Crippen molar-refractivity contribution in [3.05, 3.63) is 32.2 Å². The van der Waals surface area contributed by atoms with Gasteiger partial charge in [-0.05, 0) is 20.3 Å². The summed E-state index contributed by atoms with van der Waals surface area (Å²) in [6.45, 7) is 7.12. The number of aryl methyl sites for hydroxylation is 2. The zero-order valence-electron chi connectivity index (χ0n) is 10.4. The van der Waals surface area contributed by atoms with E-state index < -0.39 is 0 Å². The van der Waals surface area contributed by atoms with E-state index in [1.165, 1.54) is 5.01 Å². The first kappa shape index (κ1) is 12.7. The van der Waals surface area contributed by atoms with E-state index in [0.29, 0.717) is 6.04 Å². The lowest BCUT2D eigenvalue weighted by Gasteiger charge is -2.09. The molecule has 5 heteroatoms. The third kappa shape index (κ3) is 3.34. The van der Waals surface area contributed by atoms with Crippen LogP contribution in [0, 0.1) is 6.92 Å². The molecule has 0 fully saturated rings. The van der Waals surface area contributed by atoms with Gasteiger partial charge in [-0.25, -0.2) is 9.97 Å². The van der Waals surface area contributed by atoms with Crippen molar-refractivity contribution in [2.24, 2.45) is 0 Å². The molecule has 1 N–H and O–H groups in total. The van der Waals surface area contributed by atoms with Crippen LogP contribution >= 0.6 is 22.7 Å². The van der Waals surface area contributed by atoms with Crippen molar-refractivity contribution in [3.63, 3.8) is 0 Å². The van der Waals surface area contributed by atoms with Gasteiger partial charge in [-0.15, -0.1) is 22.7 Å². The monoisotopic (exact) mass is 267 g/mol. The van der Waals surface area contributed by atoms with Crippen LogP contribution in [0.4, 0.5) is 0 Å². The van der Waals surface area contributed by atoms with Crippen molar-refractivity contribution < 1.29 is 0 Å². The molecule has 0 aromatic carbocycles. The van der Waals surface area contributed by atoms with Crippen LogP contribution in [-0.2, 0) is 13.0 Å². The van der Waals surface area contributed by atoms with Gasteiger partial charge in [-0.1, -0.05) is 6.92 Å². The quantitative estimate of drug-likeness (QED) is 0.903. The van der Waals surface area contributed by atoms with Crippen molar-refractivity contribution in [2.75, 3.05) is 0 Å². The van der Waals surface area contributed by atoms with Gasteiger partial charge in [0.1, 0.15) is 5.01 Å². The first-order chi connectivity index (χ1) is 8.19. The number of hydrogen-bond acceptors (Lipinski definition) is 5. The lowest BCUT2D eigenvalue weighted by molar-refractivity contribution is 0.565. The highest BCUT2D eigenvalue weighted by Crippen LogP contribution is 2.18. The average molecular weight is 267 g/mol. The summed E-state index contributed by atoms with van der Waals surface area (Å²) in [4.78, 5) is 9.02. The maximum Gasteiger partial charge on any atom is 0.110 e. The second-order valence-electron chi connectivity index (χ2n) is 4.02. The third-order valence-electron chi connectivity index (χ3n) is 2.50. The molecule has 0 aliphatic carbocycles. The number of nitrogens with one attached hydrogen (secondary N) is 1. The van der Waals surface area contributed by atoms with Crippen molar-refractivity contribution >= 4 is 22.7 Å². The summed E-state index contributed by atoms with van der Waals surface area (Å²) < 4.78 is 0. The Bertz CT molecular complexity index is 476. The van der Waals surface area contributed by atoms with Crippen LogP contribution in [0.5, 0.6) is 0 Å². The number of rotatable bonds is 5. The lowest BCUT2D eigenvalue weighted by Crippen LogP contribution is -2.18. The molecule has 0 bridgehead atoms. The molecule has 0 spiro atoms. The zero-order chi connectivity index (χ0) is 12.3. The summed E-state index contributed by atoms with van der Waals surface area (Å²) in [7, 11) is 0. The molecule has 0 aliphatic rings. The van der Waals surface area contributed by atoms with Crippen LogP contribution in [0.15, 0.2) is 10.8 Å². The Morgan fingerprint density at radius 1 is 1.29 bits per heavy atom. The molecule has 1 unspecified atom stereocenters. The average Bonchev–Trinajstić information content (AvgIpc) is 2.94. The van der Waals surface area contributed by atoms with Gasteiger partial charge in [0, 0.05) is 23.0 Å². The van der Waals surface area contributed by atoms with Gasteiger partial charge in [0.2, 0.25) is 0 Å². The Balaban J connectivity index is 1.89. The molecule has 2 aromatic heterocycles. The Morgan fingerprint density at radius 3 is 2.71 bits per heavy atom. The van der Waals surface area contributed by atoms with Crippen LogP contribution in [-0.4, -0.2) is 9.97 Å². The molecule has 0 radical (unpaired) electrons. The molecule has 2 aromatic rings. The van der Waals surface area contributed by atoms with Crippen molar-refractivity contribution in [1.29, 1.82) is 0 Å². The van der Waals surface area contributed by atoms with Crippen LogP contribution in [0.25, 0.3) is 0 Å². The molecule has 0 saturated carbocycles. The fraction of sp³-hybridized carbons (Fsp3) is 0.500. The summed E-state index contributed by atoms with van der Waals surface area (Å²) >= 11 is 3.45. The smallest absolute Gasteiger partial charge is 0.110 e. The maximum atomic E-state index is 4.54. The van der Waals surface area contributed by atoms with E-state index >= 15 is 0 Å². The third-order valence-corrected chi connectivity index (χ3v) is 4.69. The van der Waals surface area contributed by atoms with Crippen LogP contribution in [0.1, 0.15) is 41.3 Å². The molecular formula is C12H17N3S2. The van der Waals surface area contributed by atoms with Gasteiger partial charge in [-0.2, -0.15) is 0 Å². The molecular weight excluding hydrogens is 250 g/mol. The number of hydrogen-bond donors (Lipinski definition) is 1. The van der Waals surface area contributed by atoms with Gasteiger partial charge < -0.3 is 5.32 Å². The number of thiazole rings is 2. The van der Waals surface area contributed by atoms with E-state index in [1.807, 2.05) is 6.92 Å². The van der Waals surface area contributed by atoms with E-state index in [0.717, 1.165) is 29.4 Å². The zero-order valence-corrected chi connectivity index (χ0v) is 12.0. The number of nitrogens with zero attached hydrogens (tertiary/aromatic N) is 2. The molecule has 92 valence electrons. The Hall–Kier alpha value is -0.780. The van der Waals surface area contributed by atoms with Crippen LogP contribution < -0.4 is 5.32 Å². The van der Waals surface area contributed by atoms with Gasteiger partial charge in [0.05, 0.1) is 16.7 Å². The highest BCUT2D eigenvalue weighted by atomic mass is 32.1. The normalized spacial score (nSPS) is 12.9. The summed E-state index contributed by atoms with van der Waals surface area (Å²) in [5.41, 5.74) is 2.23. The molecule has 0 aliphatic heterocycles. The molecule has 2 rings (SSSR count). The van der Waals surface area contributed by atoms with E-state index in [1.54, 1.807) is 22.7 Å². The Kier molecular flexibility index (Phi) is 4.25. The minimum Gasteiger partial charge on any atom is -0.302 e. The molecule has 3 nitrogen and oxygen atoms in total. The maximum absolute atomic E-state index is 4.54. The predicted molar refractivity (Wildman–Crippen MR) is 73.6 cm³/mol. The molecule has 2 heterocycles. The van der Waals surface area contributed by atoms with E-state index in [2.05, 4.69) is 39.9 Å². The Morgan fingerprint density at radius 2 is 2.12 bits per heavy atom. The summed E-state index contributed by atoms with van der Waals surface area (Å²) in [6, 6.07) is 0.292. The Labute approximate surface area is 110 Å². The summed E-state index contributed by atoms with van der Waals surface area (Å²) in [5, 5.41) is 10.0. The summed E-state index contributed by atoms with van der Waals surface area (Å²) in [6.07, 6.45) is 1.02. The lowest BCUT2D eigenvalue weighted by atomic mass is 10.3. The van der Waals surface area contributed by atoms with Crippen molar-refractivity contribution in [3.8, 4) is 0 Å². The highest BCUT2D eigenvalue weighted by Gasteiger charge is 2.09. The summed E-state index contributed by atoms with van der Waals surface area (Å²) in [5.74, 6) is 0. The minimum atomic E-state index is 0.292. The molecule has 1 atom stereocenters. The fourth-order valence-corrected chi connectivity index (χ4v) is 3.08. The predicted octanol–water partition coefficient (Wildman–Crippen LogP) is 3.32. The van der Waals surface area contributed by atoms with E-state index in [9.17, 15) is 0 Å². The number of aromatic nitrogens is 2. The molecule has 0 saturated heterocycles. The van der Waals surface area contributed by atoms with Crippen molar-refractivity contribution in [1.82, 2.24) is 15.3 Å². The fourth-order valence-electron chi connectivity index (χ4n) is 1.51. The topological polar surface area (TPSA) is 37.8 Å². The van der Waals surface area contributed by atoms with Gasteiger partial charge >= 0.3 is 0 Å². The van der Waals surface area contributed by atoms with Crippen LogP contribution in [0.2, 0.25) is 0 Å². The SMILES string of the molecule is CCc1nc(CNC(C)c2nc(C)cs2)cs1. The standard InChI is InChI=1S/C12H17N3S2/c1-4-11-15-10(7-16-11)5-13-9(3)12-14-8(2)6-17-12/h6-7,9,13H,4-5H2,1-3H3. The van der Waals surface area contributed by atoms with Crippen LogP contribution in [0.3, 0.4) is 0 Å².